The van der Waals surface area contributed by atoms with Gasteiger partial charge >= 0.3 is 18.1 Å². The molecule has 1 aliphatic carbocycles. The van der Waals surface area contributed by atoms with E-state index in [1.165, 1.54) is 69.8 Å². The van der Waals surface area contributed by atoms with E-state index in [0.717, 1.165) is 41.5 Å². The van der Waals surface area contributed by atoms with Crippen molar-refractivity contribution >= 4 is 11.9 Å². The van der Waals surface area contributed by atoms with Gasteiger partial charge in [-0.2, -0.15) is 13.2 Å². The predicted molar refractivity (Wildman–Crippen MR) is 199 cm³/mol. The molecular weight excluding hydrogens is 649 g/mol. The molecule has 2 unspecified atom stereocenters. The first-order chi connectivity index (χ1) is 24.7. The molecule has 1 aliphatic rings. The highest BCUT2D eigenvalue weighted by molar-refractivity contribution is 5.91. The van der Waals surface area contributed by atoms with Crippen LogP contribution in [0.5, 0.6) is 5.75 Å². The van der Waals surface area contributed by atoms with Gasteiger partial charge in [0.05, 0.1) is 11.5 Å². The molecule has 0 N–H and O–H groups in total. The standard InChI is InChI=1S/C44H57F3O4/c1-3-5-7-9-10-11-12-13-14-15-17-33-19-21-34(22-20-33)35-23-25-36(26-24-35)42(48)50-40-30-29-37-31-39(28-27-38(37)32-40)43(49)51-41(44(45,46)47)18-16-8-6-4-2/h19-26,29-30,32,39,41H,3-18,27-28,31H2,1-2H3. The van der Waals surface area contributed by atoms with E-state index in [1.54, 1.807) is 30.3 Å². The molecule has 0 fully saturated rings. The van der Waals surface area contributed by atoms with E-state index >= 15 is 0 Å². The molecule has 3 aromatic carbocycles. The van der Waals surface area contributed by atoms with E-state index in [-0.39, 0.29) is 6.42 Å². The van der Waals surface area contributed by atoms with Crippen LogP contribution in [0, 0.1) is 5.92 Å². The van der Waals surface area contributed by atoms with Crippen LogP contribution in [0.25, 0.3) is 11.1 Å². The van der Waals surface area contributed by atoms with Gasteiger partial charge in [-0.3, -0.25) is 4.79 Å². The third kappa shape index (κ3) is 13.5. The number of alkyl halides is 3. The van der Waals surface area contributed by atoms with Gasteiger partial charge in [0.2, 0.25) is 0 Å². The fourth-order valence-electron chi connectivity index (χ4n) is 6.92. The number of unbranched alkanes of at least 4 members (excludes halogenated alkanes) is 12. The molecule has 4 rings (SSSR count). The van der Waals surface area contributed by atoms with Crippen molar-refractivity contribution in [2.75, 3.05) is 0 Å². The van der Waals surface area contributed by atoms with Crippen LogP contribution in [-0.2, 0) is 28.8 Å². The zero-order chi connectivity index (χ0) is 36.5. The quantitative estimate of drug-likeness (QED) is 0.0629. The van der Waals surface area contributed by atoms with Crippen LogP contribution in [0.2, 0.25) is 0 Å². The van der Waals surface area contributed by atoms with Crippen molar-refractivity contribution in [1.82, 2.24) is 0 Å². The van der Waals surface area contributed by atoms with Gasteiger partial charge in [0.25, 0.3) is 0 Å². The molecule has 0 heterocycles. The summed E-state index contributed by atoms with van der Waals surface area (Å²) in [6, 6.07) is 21.3. The SMILES string of the molecule is CCCCCCCCCCCCc1ccc(-c2ccc(C(=O)Oc3ccc4c(c3)CCC(C(=O)OC(CCCCCC)C(F)(F)F)C4)cc2)cc1. The predicted octanol–water partition coefficient (Wildman–Crippen LogP) is 12.6. The first-order valence-electron chi connectivity index (χ1n) is 19.5. The molecule has 0 saturated heterocycles. The number of fused-ring (bicyclic) bond motifs is 1. The Labute approximate surface area is 303 Å². The Hall–Kier alpha value is -3.61. The lowest BCUT2D eigenvalue weighted by Gasteiger charge is -2.27. The zero-order valence-electron chi connectivity index (χ0n) is 30.7. The number of hydrogen-bond donors (Lipinski definition) is 0. The second-order valence-corrected chi connectivity index (χ2v) is 14.3. The van der Waals surface area contributed by atoms with E-state index in [1.807, 2.05) is 19.1 Å². The fourth-order valence-corrected chi connectivity index (χ4v) is 6.92. The smallest absolute Gasteiger partial charge is 0.425 e. The molecule has 7 heteroatoms. The van der Waals surface area contributed by atoms with Crippen LogP contribution in [0.4, 0.5) is 13.2 Å². The maximum Gasteiger partial charge on any atom is 0.425 e. The first-order valence-corrected chi connectivity index (χ1v) is 19.5. The summed E-state index contributed by atoms with van der Waals surface area (Å²) in [6.07, 6.45) is 11.6. The van der Waals surface area contributed by atoms with Gasteiger partial charge in [-0.15, -0.1) is 0 Å². The molecule has 0 aliphatic heterocycles. The third-order valence-electron chi connectivity index (χ3n) is 10.1. The molecule has 2 atom stereocenters. The number of aryl methyl sites for hydroxylation is 2. The summed E-state index contributed by atoms with van der Waals surface area (Å²) in [7, 11) is 0. The van der Waals surface area contributed by atoms with Crippen LogP contribution in [0.3, 0.4) is 0 Å². The Morgan fingerprint density at radius 2 is 1.27 bits per heavy atom. The minimum atomic E-state index is -4.58. The van der Waals surface area contributed by atoms with Gasteiger partial charge in [0, 0.05) is 0 Å². The Morgan fingerprint density at radius 1 is 0.706 bits per heavy atom. The van der Waals surface area contributed by atoms with Crippen molar-refractivity contribution in [2.45, 2.75) is 148 Å². The van der Waals surface area contributed by atoms with Gasteiger partial charge in [-0.1, -0.05) is 133 Å². The maximum absolute atomic E-state index is 13.6. The summed E-state index contributed by atoms with van der Waals surface area (Å²) in [5.74, 6) is -1.50. The molecule has 278 valence electrons. The molecular formula is C44H57F3O4. The molecule has 0 spiro atoms. The van der Waals surface area contributed by atoms with Crippen molar-refractivity contribution in [1.29, 1.82) is 0 Å². The number of ether oxygens (including phenoxy) is 2. The van der Waals surface area contributed by atoms with E-state index in [4.69, 9.17) is 9.47 Å². The van der Waals surface area contributed by atoms with Crippen LogP contribution in [0.1, 0.15) is 144 Å². The number of hydrogen-bond acceptors (Lipinski definition) is 4. The topological polar surface area (TPSA) is 52.6 Å². The van der Waals surface area contributed by atoms with Crippen molar-refractivity contribution < 1.29 is 32.2 Å². The second kappa shape index (κ2) is 21.0. The largest absolute Gasteiger partial charge is 0.452 e. The minimum Gasteiger partial charge on any atom is -0.452 e. The van der Waals surface area contributed by atoms with Gasteiger partial charge in [-0.25, -0.2) is 4.79 Å². The molecule has 51 heavy (non-hydrogen) atoms. The minimum absolute atomic E-state index is 0.206. The lowest BCUT2D eigenvalue weighted by Crippen LogP contribution is -2.37. The molecule has 0 amide bonds. The fraction of sp³-hybridized carbons (Fsp3) is 0.545. The summed E-state index contributed by atoms with van der Waals surface area (Å²) in [5, 5.41) is 0. The van der Waals surface area contributed by atoms with Gasteiger partial charge in [0.15, 0.2) is 6.10 Å². The number of halogens is 3. The van der Waals surface area contributed by atoms with Crippen molar-refractivity contribution in [3.63, 3.8) is 0 Å². The molecule has 0 bridgehead atoms. The highest BCUT2D eigenvalue weighted by Gasteiger charge is 2.43. The summed E-state index contributed by atoms with van der Waals surface area (Å²) >= 11 is 0. The lowest BCUT2D eigenvalue weighted by molar-refractivity contribution is -0.225. The average Bonchev–Trinajstić information content (AvgIpc) is 3.13. The summed E-state index contributed by atoms with van der Waals surface area (Å²) in [5.41, 5.74) is 5.68. The summed E-state index contributed by atoms with van der Waals surface area (Å²) < 4.78 is 51.4. The molecule has 0 aromatic heterocycles. The Morgan fingerprint density at radius 3 is 1.88 bits per heavy atom. The Balaban J connectivity index is 1.21. The summed E-state index contributed by atoms with van der Waals surface area (Å²) in [4.78, 5) is 25.7. The normalized spacial score (nSPS) is 14.9. The first kappa shape index (κ1) is 40.2. The molecule has 4 nitrogen and oxygen atoms in total. The molecule has 3 aromatic rings. The van der Waals surface area contributed by atoms with Crippen molar-refractivity contribution in [3.05, 3.63) is 89.0 Å². The number of esters is 2. The van der Waals surface area contributed by atoms with E-state index in [0.29, 0.717) is 43.4 Å². The zero-order valence-corrected chi connectivity index (χ0v) is 30.7. The second-order valence-electron chi connectivity index (χ2n) is 14.3. The van der Waals surface area contributed by atoms with Crippen LogP contribution in [0.15, 0.2) is 66.7 Å². The van der Waals surface area contributed by atoms with Gasteiger partial charge in [-0.05, 0) is 97.0 Å². The molecule has 0 radical (unpaired) electrons. The van der Waals surface area contributed by atoms with Crippen molar-refractivity contribution in [3.8, 4) is 16.9 Å². The van der Waals surface area contributed by atoms with E-state index < -0.39 is 30.1 Å². The average molecular weight is 707 g/mol. The van der Waals surface area contributed by atoms with E-state index in [2.05, 4.69) is 31.2 Å². The highest BCUT2D eigenvalue weighted by atomic mass is 19.4. The number of rotatable bonds is 21. The number of carbonyl (C=O) groups is 2. The third-order valence-corrected chi connectivity index (χ3v) is 10.1. The van der Waals surface area contributed by atoms with Crippen LogP contribution >= 0.6 is 0 Å². The van der Waals surface area contributed by atoms with Gasteiger partial charge in [0.1, 0.15) is 5.75 Å². The summed E-state index contributed by atoms with van der Waals surface area (Å²) in [6.45, 7) is 4.25. The van der Waals surface area contributed by atoms with Crippen LogP contribution in [-0.4, -0.2) is 24.2 Å². The van der Waals surface area contributed by atoms with Gasteiger partial charge < -0.3 is 9.47 Å². The Kier molecular flexibility index (Phi) is 16.6. The maximum atomic E-state index is 13.6. The number of benzene rings is 3. The van der Waals surface area contributed by atoms with Crippen molar-refractivity contribution in [2.24, 2.45) is 5.92 Å². The lowest BCUT2D eigenvalue weighted by atomic mass is 9.84. The highest BCUT2D eigenvalue weighted by Crippen LogP contribution is 2.33. The monoisotopic (exact) mass is 706 g/mol. The van der Waals surface area contributed by atoms with E-state index in [9.17, 15) is 22.8 Å². The molecule has 0 saturated carbocycles. The van der Waals surface area contributed by atoms with Crippen LogP contribution < -0.4 is 4.74 Å². The Bertz CT molecular complexity index is 1480. The number of carbonyl (C=O) groups excluding carboxylic acids is 2.